The molecule has 0 spiro atoms. The maximum absolute atomic E-state index is 13.1. The highest BCUT2D eigenvalue weighted by atomic mass is 19.4. The highest BCUT2D eigenvalue weighted by Gasteiger charge is 2.34. The molecule has 2 heterocycles. The van der Waals surface area contributed by atoms with Crippen molar-refractivity contribution in [2.75, 3.05) is 0 Å². The Morgan fingerprint density at radius 1 is 1.05 bits per heavy atom. The molecule has 0 amide bonds. The van der Waals surface area contributed by atoms with Crippen molar-refractivity contribution in [2.24, 2.45) is 0 Å². The molecule has 5 heteroatoms. The van der Waals surface area contributed by atoms with E-state index in [1.54, 1.807) is 28.9 Å². The van der Waals surface area contributed by atoms with Crippen LogP contribution in [-0.2, 0) is 6.18 Å². The Hall–Kier alpha value is -2.30. The maximum Gasteiger partial charge on any atom is 0.417 e. The minimum Gasteiger partial charge on any atom is -0.300 e. The first kappa shape index (κ1) is 12.7. The minimum absolute atomic E-state index is 0.0885. The van der Waals surface area contributed by atoms with Crippen LogP contribution in [0.2, 0.25) is 0 Å². The van der Waals surface area contributed by atoms with Crippen LogP contribution in [0.3, 0.4) is 0 Å². The quantitative estimate of drug-likeness (QED) is 0.646. The van der Waals surface area contributed by atoms with E-state index in [2.05, 4.69) is 4.98 Å². The number of hydrogen-bond acceptors (Lipinski definition) is 1. The number of rotatable bonds is 1. The third-order valence-corrected chi connectivity index (χ3v) is 3.26. The van der Waals surface area contributed by atoms with Crippen molar-refractivity contribution in [1.82, 2.24) is 9.38 Å². The summed E-state index contributed by atoms with van der Waals surface area (Å²) < 4.78 is 40.9. The molecule has 20 heavy (non-hydrogen) atoms. The van der Waals surface area contributed by atoms with Crippen molar-refractivity contribution >= 4 is 5.52 Å². The van der Waals surface area contributed by atoms with Crippen molar-refractivity contribution < 1.29 is 13.2 Å². The molecule has 2 nitrogen and oxygen atoms in total. The van der Waals surface area contributed by atoms with Gasteiger partial charge in [0.15, 0.2) is 0 Å². The summed E-state index contributed by atoms with van der Waals surface area (Å²) in [5, 5.41) is 0. The smallest absolute Gasteiger partial charge is 0.300 e. The van der Waals surface area contributed by atoms with E-state index < -0.39 is 11.7 Å². The van der Waals surface area contributed by atoms with Gasteiger partial charge >= 0.3 is 6.18 Å². The SMILES string of the molecule is Cc1cccn2c(-c3ccccc3C(F)(F)F)ncc12. The molecule has 1 aromatic carbocycles. The summed E-state index contributed by atoms with van der Waals surface area (Å²) in [6, 6.07) is 9.18. The fourth-order valence-corrected chi connectivity index (χ4v) is 2.29. The number of hydrogen-bond donors (Lipinski definition) is 0. The van der Waals surface area contributed by atoms with Gasteiger partial charge in [-0.2, -0.15) is 13.2 Å². The molecule has 0 unspecified atom stereocenters. The van der Waals surface area contributed by atoms with Crippen LogP contribution in [0.1, 0.15) is 11.1 Å². The Morgan fingerprint density at radius 3 is 2.55 bits per heavy atom. The first-order valence-electron chi connectivity index (χ1n) is 6.08. The van der Waals surface area contributed by atoms with E-state index in [-0.39, 0.29) is 5.56 Å². The van der Waals surface area contributed by atoms with Crippen LogP contribution in [0.25, 0.3) is 16.9 Å². The van der Waals surface area contributed by atoms with Crippen LogP contribution < -0.4 is 0 Å². The van der Waals surface area contributed by atoms with Crippen LogP contribution in [0.4, 0.5) is 13.2 Å². The molecule has 0 saturated carbocycles. The van der Waals surface area contributed by atoms with Gasteiger partial charge in [0.25, 0.3) is 0 Å². The van der Waals surface area contributed by atoms with E-state index in [1.165, 1.54) is 12.1 Å². The van der Waals surface area contributed by atoms with Gasteiger partial charge in [-0.3, -0.25) is 4.40 Å². The largest absolute Gasteiger partial charge is 0.417 e. The highest BCUT2D eigenvalue weighted by Crippen LogP contribution is 2.36. The van der Waals surface area contributed by atoms with Crippen molar-refractivity contribution in [3.63, 3.8) is 0 Å². The first-order chi connectivity index (χ1) is 9.48. The van der Waals surface area contributed by atoms with Crippen LogP contribution in [0.15, 0.2) is 48.8 Å². The summed E-state index contributed by atoms with van der Waals surface area (Å²) in [6.45, 7) is 1.90. The molecule has 0 atom stereocenters. The molecule has 0 aliphatic carbocycles. The lowest BCUT2D eigenvalue weighted by Gasteiger charge is -2.12. The summed E-state index contributed by atoms with van der Waals surface area (Å²) in [7, 11) is 0. The van der Waals surface area contributed by atoms with Crippen LogP contribution >= 0.6 is 0 Å². The number of benzene rings is 1. The standard InChI is InChI=1S/C15H11F3N2/c1-10-5-4-8-20-13(10)9-19-14(20)11-6-2-3-7-12(11)15(16,17)18/h2-9H,1H3. The molecule has 3 rings (SSSR count). The molecule has 2 aromatic heterocycles. The van der Waals surface area contributed by atoms with Gasteiger partial charge in [-0.05, 0) is 24.6 Å². The lowest BCUT2D eigenvalue weighted by molar-refractivity contribution is -0.137. The van der Waals surface area contributed by atoms with Crippen molar-refractivity contribution in [3.05, 3.63) is 59.9 Å². The van der Waals surface area contributed by atoms with E-state index in [9.17, 15) is 13.2 Å². The predicted octanol–water partition coefficient (Wildman–Crippen LogP) is 4.33. The minimum atomic E-state index is -4.40. The number of aryl methyl sites for hydroxylation is 1. The Kier molecular flexibility index (Phi) is 2.78. The monoisotopic (exact) mass is 276 g/mol. The number of nitrogens with zero attached hydrogens (tertiary/aromatic N) is 2. The Balaban J connectivity index is 2.30. The average molecular weight is 276 g/mol. The van der Waals surface area contributed by atoms with E-state index in [1.807, 2.05) is 13.0 Å². The van der Waals surface area contributed by atoms with Crippen molar-refractivity contribution in [1.29, 1.82) is 0 Å². The topological polar surface area (TPSA) is 17.3 Å². The predicted molar refractivity (Wildman–Crippen MR) is 70.4 cm³/mol. The summed E-state index contributed by atoms with van der Waals surface area (Å²) >= 11 is 0. The first-order valence-corrected chi connectivity index (χ1v) is 6.08. The Bertz CT molecular complexity index is 772. The molecule has 102 valence electrons. The van der Waals surface area contributed by atoms with E-state index in [0.29, 0.717) is 5.82 Å². The maximum atomic E-state index is 13.1. The molecule has 0 radical (unpaired) electrons. The van der Waals surface area contributed by atoms with Gasteiger partial charge < -0.3 is 0 Å². The number of pyridine rings is 1. The molecule has 0 aliphatic rings. The van der Waals surface area contributed by atoms with Crippen LogP contribution in [0.5, 0.6) is 0 Å². The van der Waals surface area contributed by atoms with Gasteiger partial charge in [0.1, 0.15) is 5.82 Å². The van der Waals surface area contributed by atoms with Gasteiger partial charge in [0.05, 0.1) is 17.3 Å². The second-order valence-electron chi connectivity index (χ2n) is 4.57. The second-order valence-corrected chi connectivity index (χ2v) is 4.57. The summed E-state index contributed by atoms with van der Waals surface area (Å²) in [6.07, 6.45) is -1.08. The van der Waals surface area contributed by atoms with Gasteiger partial charge in [-0.25, -0.2) is 4.98 Å². The number of aromatic nitrogens is 2. The molecule has 0 bridgehead atoms. The molecule has 0 N–H and O–H groups in total. The number of imidazole rings is 1. The zero-order valence-electron chi connectivity index (χ0n) is 10.6. The third kappa shape index (κ3) is 1.95. The van der Waals surface area contributed by atoms with Gasteiger partial charge in [0, 0.05) is 11.8 Å². The number of fused-ring (bicyclic) bond motifs is 1. The molecular formula is C15H11F3N2. The normalized spacial score (nSPS) is 12.0. The van der Waals surface area contributed by atoms with E-state index >= 15 is 0 Å². The second kappa shape index (κ2) is 4.37. The van der Waals surface area contributed by atoms with E-state index in [4.69, 9.17) is 0 Å². The van der Waals surface area contributed by atoms with Gasteiger partial charge in [-0.1, -0.05) is 24.3 Å². The molecule has 0 aliphatic heterocycles. The number of alkyl halides is 3. The zero-order chi connectivity index (χ0) is 14.3. The van der Waals surface area contributed by atoms with Crippen molar-refractivity contribution in [2.45, 2.75) is 13.1 Å². The Labute approximate surface area is 113 Å². The fraction of sp³-hybridized carbons (Fsp3) is 0.133. The van der Waals surface area contributed by atoms with Gasteiger partial charge in [0.2, 0.25) is 0 Å². The Morgan fingerprint density at radius 2 is 1.80 bits per heavy atom. The third-order valence-electron chi connectivity index (χ3n) is 3.26. The summed E-state index contributed by atoms with van der Waals surface area (Å²) in [5.41, 5.74) is 1.19. The summed E-state index contributed by atoms with van der Waals surface area (Å²) in [5.74, 6) is 0.302. The average Bonchev–Trinajstić information content (AvgIpc) is 2.83. The molecule has 0 fully saturated rings. The lowest BCUT2D eigenvalue weighted by atomic mass is 10.1. The van der Waals surface area contributed by atoms with Gasteiger partial charge in [-0.15, -0.1) is 0 Å². The number of halogens is 3. The van der Waals surface area contributed by atoms with Crippen LogP contribution in [0, 0.1) is 6.92 Å². The lowest BCUT2D eigenvalue weighted by Crippen LogP contribution is -2.08. The highest BCUT2D eigenvalue weighted by molar-refractivity contribution is 5.67. The van der Waals surface area contributed by atoms with Crippen LogP contribution in [-0.4, -0.2) is 9.38 Å². The fourth-order valence-electron chi connectivity index (χ4n) is 2.29. The molecule has 0 saturated heterocycles. The van der Waals surface area contributed by atoms with E-state index in [0.717, 1.165) is 17.1 Å². The zero-order valence-corrected chi connectivity index (χ0v) is 10.6. The summed E-state index contributed by atoms with van der Waals surface area (Å²) in [4.78, 5) is 4.16. The van der Waals surface area contributed by atoms with Crippen molar-refractivity contribution in [3.8, 4) is 11.4 Å². The molecular weight excluding hydrogens is 265 g/mol. The molecule has 3 aromatic rings.